The average molecular weight is 404 g/mol. The van der Waals surface area contributed by atoms with Gasteiger partial charge in [0, 0.05) is 36.5 Å². The first-order valence-electron chi connectivity index (χ1n) is 9.80. The van der Waals surface area contributed by atoms with Crippen LogP contribution in [0.15, 0.2) is 29.3 Å². The van der Waals surface area contributed by atoms with Crippen molar-refractivity contribution in [3.8, 4) is 5.75 Å². The second-order valence-corrected chi connectivity index (χ2v) is 8.17. The van der Waals surface area contributed by atoms with Crippen molar-refractivity contribution in [2.24, 2.45) is 4.99 Å². The number of hydrogen-bond donors (Lipinski definition) is 2. The van der Waals surface area contributed by atoms with E-state index in [-0.39, 0.29) is 0 Å². The van der Waals surface area contributed by atoms with Crippen LogP contribution in [0.3, 0.4) is 0 Å². The number of benzene rings is 1. The second kappa shape index (κ2) is 11.7. The van der Waals surface area contributed by atoms with Gasteiger partial charge in [-0.3, -0.25) is 0 Å². The largest absolute Gasteiger partial charge is 0.492 e. The highest BCUT2D eigenvalue weighted by atomic mass is 32.1. The van der Waals surface area contributed by atoms with Crippen molar-refractivity contribution in [3.05, 3.63) is 45.4 Å². The van der Waals surface area contributed by atoms with Crippen LogP contribution in [-0.4, -0.2) is 56.2 Å². The maximum absolute atomic E-state index is 5.93. The van der Waals surface area contributed by atoms with E-state index in [0.717, 1.165) is 54.0 Å². The Morgan fingerprint density at radius 3 is 2.68 bits per heavy atom. The van der Waals surface area contributed by atoms with E-state index in [0.29, 0.717) is 13.2 Å². The lowest BCUT2D eigenvalue weighted by Gasteiger charge is -2.14. The number of likely N-dealkylation sites (N-methyl/N-ethyl adjacent to an activating group) is 1. The van der Waals surface area contributed by atoms with Crippen LogP contribution in [0.1, 0.15) is 28.1 Å². The highest BCUT2D eigenvalue weighted by molar-refractivity contribution is 7.11. The van der Waals surface area contributed by atoms with E-state index in [1.54, 1.807) is 11.3 Å². The maximum atomic E-state index is 5.93. The summed E-state index contributed by atoms with van der Waals surface area (Å²) in [6, 6.07) is 8.10. The van der Waals surface area contributed by atoms with E-state index in [9.17, 15) is 0 Å². The molecule has 154 valence electrons. The fourth-order valence-corrected chi connectivity index (χ4v) is 3.49. The Balaban J connectivity index is 1.92. The van der Waals surface area contributed by atoms with Gasteiger partial charge in [0.15, 0.2) is 5.96 Å². The van der Waals surface area contributed by atoms with Gasteiger partial charge in [0.05, 0.1) is 17.2 Å². The Kier molecular flexibility index (Phi) is 9.23. The van der Waals surface area contributed by atoms with Gasteiger partial charge in [-0.05, 0) is 40.9 Å². The van der Waals surface area contributed by atoms with Crippen molar-refractivity contribution in [2.75, 3.05) is 40.3 Å². The van der Waals surface area contributed by atoms with E-state index in [1.165, 1.54) is 4.88 Å². The molecule has 0 spiro atoms. The molecule has 0 saturated heterocycles. The summed E-state index contributed by atoms with van der Waals surface area (Å²) in [6.45, 7) is 10.0. The monoisotopic (exact) mass is 403 g/mol. The quantitative estimate of drug-likeness (QED) is 0.472. The van der Waals surface area contributed by atoms with Gasteiger partial charge >= 0.3 is 0 Å². The van der Waals surface area contributed by atoms with E-state index >= 15 is 0 Å². The summed E-state index contributed by atoms with van der Waals surface area (Å²) in [5.74, 6) is 1.72. The molecule has 0 radical (unpaired) electrons. The van der Waals surface area contributed by atoms with Crippen LogP contribution in [-0.2, 0) is 13.0 Å². The molecule has 0 unspecified atom stereocenters. The Hall–Kier alpha value is -2.12. The van der Waals surface area contributed by atoms with Gasteiger partial charge in [-0.2, -0.15) is 0 Å². The lowest BCUT2D eigenvalue weighted by molar-refractivity contribution is 0.259. The van der Waals surface area contributed by atoms with Crippen LogP contribution >= 0.6 is 11.3 Å². The second-order valence-electron chi connectivity index (χ2n) is 6.88. The van der Waals surface area contributed by atoms with Gasteiger partial charge < -0.3 is 20.3 Å². The molecule has 0 aliphatic rings. The number of nitrogens with zero attached hydrogens (tertiary/aromatic N) is 3. The van der Waals surface area contributed by atoms with Crippen LogP contribution < -0.4 is 15.4 Å². The Labute approximate surface area is 173 Å². The zero-order valence-electron chi connectivity index (χ0n) is 17.7. The third kappa shape index (κ3) is 7.48. The smallest absolute Gasteiger partial charge is 0.191 e. The minimum atomic E-state index is 0.572. The number of rotatable bonds is 10. The lowest BCUT2D eigenvalue weighted by atomic mass is 10.2. The minimum Gasteiger partial charge on any atom is -0.492 e. The maximum Gasteiger partial charge on any atom is 0.191 e. The fourth-order valence-electron chi connectivity index (χ4n) is 2.55. The number of para-hydroxylation sites is 1. The molecule has 1 aromatic heterocycles. The molecule has 7 heteroatoms. The van der Waals surface area contributed by atoms with Crippen molar-refractivity contribution in [2.45, 2.75) is 33.7 Å². The Bertz CT molecular complexity index is 738. The molecule has 0 aliphatic heterocycles. The zero-order valence-corrected chi connectivity index (χ0v) is 18.5. The predicted molar refractivity (Wildman–Crippen MR) is 119 cm³/mol. The number of nitrogens with one attached hydrogen (secondary N) is 2. The Morgan fingerprint density at radius 1 is 1.21 bits per heavy atom. The molecule has 0 saturated carbocycles. The minimum absolute atomic E-state index is 0.572. The van der Waals surface area contributed by atoms with Crippen molar-refractivity contribution >= 4 is 17.3 Å². The number of thiazole rings is 1. The molecule has 0 aliphatic carbocycles. The van der Waals surface area contributed by atoms with Crippen LogP contribution in [0.25, 0.3) is 0 Å². The molecule has 2 N–H and O–H groups in total. The lowest BCUT2D eigenvalue weighted by Crippen LogP contribution is -2.38. The van der Waals surface area contributed by atoms with Gasteiger partial charge in [0.1, 0.15) is 12.4 Å². The molecule has 0 bridgehead atoms. The molecule has 0 fully saturated rings. The Morgan fingerprint density at radius 2 is 2.00 bits per heavy atom. The topological polar surface area (TPSA) is 61.8 Å². The average Bonchev–Trinajstić information content (AvgIpc) is 2.98. The molecule has 6 nitrogen and oxygen atoms in total. The van der Waals surface area contributed by atoms with Crippen LogP contribution in [0.2, 0.25) is 0 Å². The molecular formula is C21H33N5OS. The van der Waals surface area contributed by atoms with Crippen molar-refractivity contribution in [1.82, 2.24) is 20.5 Å². The number of hydrogen-bond acceptors (Lipinski definition) is 5. The summed E-state index contributed by atoms with van der Waals surface area (Å²) in [4.78, 5) is 12.7. The molecule has 1 heterocycles. The molecule has 0 amide bonds. The molecule has 0 atom stereocenters. The third-order valence-electron chi connectivity index (χ3n) is 4.22. The van der Waals surface area contributed by atoms with Gasteiger partial charge in [-0.25, -0.2) is 9.98 Å². The number of ether oxygens (including phenoxy) is 1. The first-order valence-corrected chi connectivity index (χ1v) is 10.6. The fraction of sp³-hybridized carbons (Fsp3) is 0.524. The predicted octanol–water partition coefficient (Wildman–Crippen LogP) is 3.00. The molecule has 28 heavy (non-hydrogen) atoms. The van der Waals surface area contributed by atoms with E-state index in [1.807, 2.05) is 32.3 Å². The number of guanidine groups is 1. The van der Waals surface area contributed by atoms with E-state index in [4.69, 9.17) is 9.73 Å². The summed E-state index contributed by atoms with van der Waals surface area (Å²) in [7, 11) is 4.09. The zero-order chi connectivity index (χ0) is 20.4. The van der Waals surface area contributed by atoms with E-state index < -0.39 is 0 Å². The third-order valence-corrected chi connectivity index (χ3v) is 5.36. The number of aromatic nitrogens is 1. The summed E-state index contributed by atoms with van der Waals surface area (Å²) in [5.41, 5.74) is 2.22. The normalized spacial score (nSPS) is 11.7. The first kappa shape index (κ1) is 22.2. The van der Waals surface area contributed by atoms with Crippen LogP contribution in [0.4, 0.5) is 0 Å². The van der Waals surface area contributed by atoms with Crippen LogP contribution in [0, 0.1) is 13.8 Å². The number of aryl methyl sites for hydroxylation is 2. The van der Waals surface area contributed by atoms with Crippen molar-refractivity contribution in [3.63, 3.8) is 0 Å². The van der Waals surface area contributed by atoms with Gasteiger partial charge in [-0.15, -0.1) is 11.3 Å². The van der Waals surface area contributed by atoms with Gasteiger partial charge in [0.25, 0.3) is 0 Å². The summed E-state index contributed by atoms with van der Waals surface area (Å²) in [5, 5.41) is 7.88. The summed E-state index contributed by atoms with van der Waals surface area (Å²) < 4.78 is 5.93. The van der Waals surface area contributed by atoms with Gasteiger partial charge in [0.2, 0.25) is 0 Å². The van der Waals surface area contributed by atoms with Crippen LogP contribution in [0.5, 0.6) is 5.75 Å². The molecular weight excluding hydrogens is 370 g/mol. The summed E-state index contributed by atoms with van der Waals surface area (Å²) in [6.07, 6.45) is 0.897. The summed E-state index contributed by atoms with van der Waals surface area (Å²) >= 11 is 1.77. The number of aliphatic imine (C=N–C) groups is 1. The molecule has 1 aromatic carbocycles. The first-order chi connectivity index (χ1) is 13.5. The molecule has 2 aromatic rings. The highest BCUT2D eigenvalue weighted by Gasteiger charge is 2.06. The molecule has 2 rings (SSSR count). The van der Waals surface area contributed by atoms with Crippen molar-refractivity contribution in [1.29, 1.82) is 0 Å². The highest BCUT2D eigenvalue weighted by Crippen LogP contribution is 2.19. The SMILES string of the molecule is CCNC(=NCc1ccccc1OCCN(C)C)NCCc1nc(C)c(C)s1. The van der Waals surface area contributed by atoms with Gasteiger partial charge in [-0.1, -0.05) is 18.2 Å². The van der Waals surface area contributed by atoms with Crippen molar-refractivity contribution < 1.29 is 4.74 Å². The standard InChI is InChI=1S/C21H33N5OS/c1-6-22-21(23-12-11-20-25-16(2)17(3)28-20)24-15-18-9-7-8-10-19(18)27-14-13-26(4)5/h7-10H,6,11-15H2,1-5H3,(H2,22,23,24). The van der Waals surface area contributed by atoms with E-state index in [2.05, 4.69) is 47.4 Å².